The van der Waals surface area contributed by atoms with Crippen molar-refractivity contribution < 1.29 is 4.79 Å². The van der Waals surface area contributed by atoms with E-state index < -0.39 is 0 Å². The van der Waals surface area contributed by atoms with E-state index in [1.54, 1.807) is 0 Å². The van der Waals surface area contributed by atoms with E-state index in [9.17, 15) is 4.79 Å². The Labute approximate surface area is 144 Å². The van der Waals surface area contributed by atoms with Gasteiger partial charge in [0.1, 0.15) is 5.82 Å². The first-order valence-electron chi connectivity index (χ1n) is 8.89. The first-order chi connectivity index (χ1) is 11.5. The van der Waals surface area contributed by atoms with Gasteiger partial charge in [-0.2, -0.15) is 0 Å². The van der Waals surface area contributed by atoms with E-state index in [0.717, 1.165) is 49.4 Å². The quantitative estimate of drug-likeness (QED) is 0.858. The van der Waals surface area contributed by atoms with Crippen molar-refractivity contribution in [2.24, 2.45) is 5.92 Å². The molecule has 0 saturated carbocycles. The van der Waals surface area contributed by atoms with Gasteiger partial charge in [-0.3, -0.25) is 4.79 Å². The second-order valence-corrected chi connectivity index (χ2v) is 6.99. The third-order valence-corrected chi connectivity index (χ3v) is 5.18. The first kappa shape index (κ1) is 16.7. The standard InChI is InChI=1S/C20H27N3O/c1-15-5-4-6-19(13-15)20(24)22-10-7-18(8-11-22)9-12-23-16(2)14-21-17(23)3/h4-6,13-14,18H,7-12H2,1-3H3. The molecular formula is C20H27N3O. The highest BCUT2D eigenvalue weighted by Gasteiger charge is 2.23. The first-order valence-corrected chi connectivity index (χ1v) is 8.89. The molecule has 24 heavy (non-hydrogen) atoms. The smallest absolute Gasteiger partial charge is 0.253 e. The lowest BCUT2D eigenvalue weighted by Crippen LogP contribution is -2.38. The van der Waals surface area contributed by atoms with Crippen LogP contribution < -0.4 is 0 Å². The van der Waals surface area contributed by atoms with Crippen molar-refractivity contribution in [3.05, 3.63) is 53.1 Å². The summed E-state index contributed by atoms with van der Waals surface area (Å²) in [5, 5.41) is 0. The topological polar surface area (TPSA) is 38.1 Å². The van der Waals surface area contributed by atoms with Crippen molar-refractivity contribution in [3.8, 4) is 0 Å². The molecule has 0 bridgehead atoms. The second kappa shape index (κ2) is 7.20. The molecule has 1 saturated heterocycles. The number of nitrogens with zero attached hydrogens (tertiary/aromatic N) is 3. The van der Waals surface area contributed by atoms with Crippen LogP contribution in [0.4, 0.5) is 0 Å². The number of likely N-dealkylation sites (tertiary alicyclic amines) is 1. The van der Waals surface area contributed by atoms with E-state index in [1.165, 1.54) is 12.1 Å². The average Bonchev–Trinajstić information content (AvgIpc) is 2.91. The van der Waals surface area contributed by atoms with Crippen LogP contribution in [-0.4, -0.2) is 33.4 Å². The fourth-order valence-corrected chi connectivity index (χ4v) is 3.62. The van der Waals surface area contributed by atoms with Crippen LogP contribution in [-0.2, 0) is 6.54 Å². The summed E-state index contributed by atoms with van der Waals surface area (Å²) in [5.41, 5.74) is 3.19. The number of hydrogen-bond acceptors (Lipinski definition) is 2. The van der Waals surface area contributed by atoms with Gasteiger partial charge in [0.15, 0.2) is 0 Å². The lowest BCUT2D eigenvalue weighted by Gasteiger charge is -2.32. The summed E-state index contributed by atoms with van der Waals surface area (Å²) < 4.78 is 2.30. The molecule has 1 fully saturated rings. The molecule has 1 aliphatic rings. The van der Waals surface area contributed by atoms with Crippen molar-refractivity contribution >= 4 is 5.91 Å². The Morgan fingerprint density at radius 1 is 1.21 bits per heavy atom. The Balaban J connectivity index is 1.51. The maximum atomic E-state index is 12.6. The highest BCUT2D eigenvalue weighted by atomic mass is 16.2. The van der Waals surface area contributed by atoms with Gasteiger partial charge in [-0.25, -0.2) is 4.98 Å². The molecule has 0 aliphatic carbocycles. The van der Waals surface area contributed by atoms with Crippen molar-refractivity contribution in [2.75, 3.05) is 13.1 Å². The molecule has 4 nitrogen and oxygen atoms in total. The minimum absolute atomic E-state index is 0.179. The van der Waals surface area contributed by atoms with E-state index in [0.29, 0.717) is 5.92 Å². The number of rotatable bonds is 4. The normalized spacial score (nSPS) is 15.7. The highest BCUT2D eigenvalue weighted by Crippen LogP contribution is 2.23. The summed E-state index contributed by atoms with van der Waals surface area (Å²) in [6.07, 6.45) is 5.32. The fourth-order valence-electron chi connectivity index (χ4n) is 3.62. The molecule has 2 aromatic rings. The Kier molecular flexibility index (Phi) is 5.03. The molecule has 1 aliphatic heterocycles. The number of aryl methyl sites for hydroxylation is 3. The van der Waals surface area contributed by atoms with Gasteiger partial charge in [0.2, 0.25) is 0 Å². The van der Waals surface area contributed by atoms with Crippen LogP contribution in [0.2, 0.25) is 0 Å². The summed E-state index contributed by atoms with van der Waals surface area (Å²) in [4.78, 5) is 19.0. The summed E-state index contributed by atoms with van der Waals surface area (Å²) in [7, 11) is 0. The largest absolute Gasteiger partial charge is 0.339 e. The van der Waals surface area contributed by atoms with Crippen molar-refractivity contribution in [2.45, 2.75) is 46.6 Å². The molecule has 0 unspecified atom stereocenters. The summed E-state index contributed by atoms with van der Waals surface area (Å²) in [6.45, 7) is 9.00. The summed E-state index contributed by atoms with van der Waals surface area (Å²) >= 11 is 0. The predicted octanol–water partition coefficient (Wildman–Crippen LogP) is 3.75. The van der Waals surface area contributed by atoms with Crippen LogP contribution in [0.5, 0.6) is 0 Å². The van der Waals surface area contributed by atoms with Crippen LogP contribution in [0.15, 0.2) is 30.5 Å². The van der Waals surface area contributed by atoms with Crippen molar-refractivity contribution in [1.82, 2.24) is 14.5 Å². The molecule has 0 atom stereocenters. The number of carbonyl (C=O) groups excluding carboxylic acids is 1. The van der Waals surface area contributed by atoms with Crippen LogP contribution >= 0.6 is 0 Å². The number of benzene rings is 1. The van der Waals surface area contributed by atoms with E-state index in [4.69, 9.17) is 0 Å². The number of carbonyl (C=O) groups is 1. The third-order valence-electron chi connectivity index (χ3n) is 5.18. The molecule has 1 aromatic carbocycles. The molecule has 2 heterocycles. The average molecular weight is 325 g/mol. The monoisotopic (exact) mass is 325 g/mol. The zero-order valence-electron chi connectivity index (χ0n) is 15.0. The number of piperidine rings is 1. The molecule has 3 rings (SSSR count). The fraction of sp³-hybridized carbons (Fsp3) is 0.500. The molecule has 0 N–H and O–H groups in total. The Bertz CT molecular complexity index is 692. The molecular weight excluding hydrogens is 298 g/mol. The predicted molar refractivity (Wildman–Crippen MR) is 96.1 cm³/mol. The van der Waals surface area contributed by atoms with Crippen LogP contribution in [0.3, 0.4) is 0 Å². The Morgan fingerprint density at radius 3 is 2.58 bits per heavy atom. The van der Waals surface area contributed by atoms with E-state index in [-0.39, 0.29) is 5.91 Å². The maximum absolute atomic E-state index is 12.6. The third kappa shape index (κ3) is 3.69. The summed E-state index contributed by atoms with van der Waals surface area (Å²) in [6, 6.07) is 7.90. The minimum atomic E-state index is 0.179. The zero-order chi connectivity index (χ0) is 17.1. The Hall–Kier alpha value is -2.10. The molecule has 1 amide bonds. The van der Waals surface area contributed by atoms with Gasteiger partial charge in [-0.15, -0.1) is 0 Å². The maximum Gasteiger partial charge on any atom is 0.253 e. The zero-order valence-corrected chi connectivity index (χ0v) is 15.0. The van der Waals surface area contributed by atoms with Gasteiger partial charge in [0, 0.05) is 37.1 Å². The van der Waals surface area contributed by atoms with Crippen LogP contribution in [0.1, 0.15) is 46.7 Å². The second-order valence-electron chi connectivity index (χ2n) is 6.99. The van der Waals surface area contributed by atoms with Gasteiger partial charge < -0.3 is 9.47 Å². The van der Waals surface area contributed by atoms with Gasteiger partial charge >= 0.3 is 0 Å². The Morgan fingerprint density at radius 2 is 1.96 bits per heavy atom. The van der Waals surface area contributed by atoms with E-state index in [1.807, 2.05) is 42.3 Å². The molecule has 4 heteroatoms. The number of amides is 1. The molecule has 0 spiro atoms. The van der Waals surface area contributed by atoms with Gasteiger partial charge in [-0.05, 0) is 58.1 Å². The molecule has 128 valence electrons. The van der Waals surface area contributed by atoms with E-state index >= 15 is 0 Å². The van der Waals surface area contributed by atoms with Crippen LogP contribution in [0, 0.1) is 26.7 Å². The van der Waals surface area contributed by atoms with Crippen molar-refractivity contribution in [3.63, 3.8) is 0 Å². The summed E-state index contributed by atoms with van der Waals surface area (Å²) in [5.74, 6) is 1.98. The minimum Gasteiger partial charge on any atom is -0.339 e. The molecule has 0 radical (unpaired) electrons. The lowest BCUT2D eigenvalue weighted by atomic mass is 9.93. The van der Waals surface area contributed by atoms with E-state index in [2.05, 4.69) is 23.4 Å². The van der Waals surface area contributed by atoms with Gasteiger partial charge in [0.25, 0.3) is 5.91 Å². The highest BCUT2D eigenvalue weighted by molar-refractivity contribution is 5.94. The van der Waals surface area contributed by atoms with Gasteiger partial charge in [0.05, 0.1) is 0 Å². The molecule has 1 aromatic heterocycles. The van der Waals surface area contributed by atoms with Crippen molar-refractivity contribution in [1.29, 1.82) is 0 Å². The van der Waals surface area contributed by atoms with Crippen LogP contribution in [0.25, 0.3) is 0 Å². The SMILES string of the molecule is Cc1cccc(C(=O)N2CCC(CCn3c(C)cnc3C)CC2)c1. The van der Waals surface area contributed by atoms with Gasteiger partial charge in [-0.1, -0.05) is 17.7 Å². The lowest BCUT2D eigenvalue weighted by molar-refractivity contribution is 0.0684. The number of hydrogen-bond donors (Lipinski definition) is 0. The number of imidazole rings is 1. The number of aromatic nitrogens is 2.